The Kier molecular flexibility index (Phi) is 6.44. The van der Waals surface area contributed by atoms with Gasteiger partial charge in [0.25, 0.3) is 0 Å². The second-order valence-electron chi connectivity index (χ2n) is 6.62. The van der Waals surface area contributed by atoms with E-state index in [0.717, 1.165) is 38.3 Å². The number of allylic oxidation sites excluding steroid dienone is 2. The average molecular weight is 380 g/mol. The quantitative estimate of drug-likeness (QED) is 0.760. The van der Waals surface area contributed by atoms with Crippen molar-refractivity contribution < 1.29 is 9.90 Å². The van der Waals surface area contributed by atoms with Gasteiger partial charge in [-0.1, -0.05) is 12.2 Å². The van der Waals surface area contributed by atoms with Gasteiger partial charge in [0, 0.05) is 69.1 Å². The molecule has 1 atom stereocenters. The Labute approximate surface area is 164 Å². The molecule has 0 bridgehead atoms. The van der Waals surface area contributed by atoms with E-state index in [1.165, 1.54) is 18.0 Å². The summed E-state index contributed by atoms with van der Waals surface area (Å²) in [6, 6.07) is 0.320. The maximum Gasteiger partial charge on any atom is 0.338 e. The minimum absolute atomic E-state index is 0.103. The van der Waals surface area contributed by atoms with Crippen LogP contribution in [0.15, 0.2) is 58.6 Å². The summed E-state index contributed by atoms with van der Waals surface area (Å²) in [4.78, 5) is 31.8. The van der Waals surface area contributed by atoms with Crippen molar-refractivity contribution in [3.05, 3.63) is 54.2 Å². The fourth-order valence-electron chi connectivity index (χ4n) is 3.25. The topological polar surface area (TPSA) is 94.3 Å². The van der Waals surface area contributed by atoms with E-state index in [2.05, 4.69) is 55.5 Å². The van der Waals surface area contributed by atoms with Gasteiger partial charge in [0.15, 0.2) is 0 Å². The molecule has 8 heteroatoms. The summed E-state index contributed by atoms with van der Waals surface area (Å²) in [6.07, 6.45) is 13.1. The van der Waals surface area contributed by atoms with Crippen LogP contribution in [-0.2, 0) is 0 Å². The number of hydrogen-bond donors (Lipinski definition) is 1. The summed E-state index contributed by atoms with van der Waals surface area (Å²) >= 11 is 0. The Morgan fingerprint density at radius 1 is 1.21 bits per heavy atom. The summed E-state index contributed by atoms with van der Waals surface area (Å²) in [6.45, 7) is 9.00. The van der Waals surface area contributed by atoms with Crippen LogP contribution in [0.1, 0.15) is 23.7 Å². The van der Waals surface area contributed by atoms with Crippen molar-refractivity contribution in [2.45, 2.75) is 19.4 Å². The largest absolute Gasteiger partial charge is 0.478 e. The number of aromatic nitrogens is 2. The molecule has 1 aromatic heterocycles. The van der Waals surface area contributed by atoms with Gasteiger partial charge in [-0.05, 0) is 25.3 Å². The number of carbonyl (C=O) groups is 1. The number of aromatic carboxylic acids is 1. The smallest absolute Gasteiger partial charge is 0.338 e. The second-order valence-corrected chi connectivity index (χ2v) is 6.62. The van der Waals surface area contributed by atoms with Crippen molar-refractivity contribution in [3.8, 4) is 0 Å². The molecule has 0 saturated carbocycles. The highest BCUT2D eigenvalue weighted by Gasteiger charge is 2.24. The molecule has 2 heterocycles. The molecule has 1 aliphatic heterocycles. The summed E-state index contributed by atoms with van der Waals surface area (Å²) in [5.74, 6) is -0.433. The van der Waals surface area contributed by atoms with Gasteiger partial charge >= 0.3 is 5.97 Å². The third kappa shape index (κ3) is 4.77. The van der Waals surface area contributed by atoms with E-state index in [4.69, 9.17) is 5.11 Å². The zero-order valence-electron chi connectivity index (χ0n) is 15.9. The second kappa shape index (κ2) is 9.18. The van der Waals surface area contributed by atoms with Crippen LogP contribution in [0.4, 0.5) is 5.95 Å². The van der Waals surface area contributed by atoms with Crippen LogP contribution in [0.2, 0.25) is 0 Å². The Bertz CT molecular complexity index is 833. The normalized spacial score (nSPS) is 20.4. The number of aliphatic imine (C=N–C) groups is 2. The Hall–Kier alpha value is -3.13. The fourth-order valence-corrected chi connectivity index (χ4v) is 3.25. The highest BCUT2D eigenvalue weighted by atomic mass is 16.4. The van der Waals surface area contributed by atoms with Gasteiger partial charge in [0.05, 0.1) is 5.56 Å². The Morgan fingerprint density at radius 2 is 1.93 bits per heavy atom. The molecule has 0 radical (unpaired) electrons. The lowest BCUT2D eigenvalue weighted by Gasteiger charge is -2.38. The predicted octanol–water partition coefficient (Wildman–Crippen LogP) is 2.18. The van der Waals surface area contributed by atoms with E-state index in [9.17, 15) is 4.79 Å². The molecule has 0 aromatic carbocycles. The average Bonchev–Trinajstić information content (AvgIpc) is 2.74. The van der Waals surface area contributed by atoms with Crippen molar-refractivity contribution >= 4 is 24.3 Å². The van der Waals surface area contributed by atoms with E-state index < -0.39 is 5.97 Å². The van der Waals surface area contributed by atoms with Crippen LogP contribution in [0.5, 0.6) is 0 Å². The number of anilines is 1. The van der Waals surface area contributed by atoms with E-state index in [0.29, 0.717) is 12.0 Å². The Morgan fingerprint density at radius 3 is 2.50 bits per heavy atom. The van der Waals surface area contributed by atoms with Gasteiger partial charge in [0.2, 0.25) is 5.95 Å². The van der Waals surface area contributed by atoms with Crippen molar-refractivity contribution in [2.75, 3.05) is 31.1 Å². The van der Waals surface area contributed by atoms with E-state index in [1.54, 1.807) is 12.4 Å². The first-order chi connectivity index (χ1) is 13.6. The monoisotopic (exact) mass is 380 g/mol. The minimum Gasteiger partial charge on any atom is -0.478 e. The van der Waals surface area contributed by atoms with Crippen LogP contribution in [0, 0.1) is 0 Å². The van der Waals surface area contributed by atoms with Crippen molar-refractivity contribution in [3.63, 3.8) is 0 Å². The number of carboxylic acid groups (broad SMARTS) is 1. The third-order valence-electron chi connectivity index (χ3n) is 4.94. The van der Waals surface area contributed by atoms with Gasteiger partial charge in [-0.2, -0.15) is 0 Å². The lowest BCUT2D eigenvalue weighted by Crippen LogP contribution is -2.50. The maximum atomic E-state index is 10.9. The highest BCUT2D eigenvalue weighted by Crippen LogP contribution is 2.20. The molecule has 0 amide bonds. The molecule has 1 aromatic rings. The number of hydrogen-bond acceptors (Lipinski definition) is 7. The van der Waals surface area contributed by atoms with E-state index >= 15 is 0 Å². The highest BCUT2D eigenvalue weighted by molar-refractivity contribution is 5.98. The first-order valence-electron chi connectivity index (χ1n) is 9.18. The Balaban J connectivity index is 1.54. The van der Waals surface area contributed by atoms with Crippen LogP contribution in [-0.4, -0.2) is 70.6 Å². The van der Waals surface area contributed by atoms with Crippen molar-refractivity contribution in [2.24, 2.45) is 9.98 Å². The standard InChI is InChI=1S/C20H24N6O2/c1-15(16-3-5-18(6-4-16)22-8-7-21-2)25-9-11-26(12-10-25)20-23-13-17(14-24-20)19(27)28/h3-5,7-8,13-15H,2,6,9-12H2,1H3,(H,27,28)/b8-7-,22-18?. The van der Waals surface area contributed by atoms with E-state index in [1.807, 2.05) is 6.08 Å². The van der Waals surface area contributed by atoms with Crippen LogP contribution < -0.4 is 4.90 Å². The van der Waals surface area contributed by atoms with Gasteiger partial charge in [0.1, 0.15) is 0 Å². The van der Waals surface area contributed by atoms with Crippen molar-refractivity contribution in [1.29, 1.82) is 0 Å². The van der Waals surface area contributed by atoms with Crippen LogP contribution in [0.25, 0.3) is 0 Å². The zero-order valence-corrected chi connectivity index (χ0v) is 15.9. The molecule has 1 saturated heterocycles. The molecule has 28 heavy (non-hydrogen) atoms. The number of piperazine rings is 1. The summed E-state index contributed by atoms with van der Waals surface area (Å²) in [5.41, 5.74) is 2.40. The first-order valence-corrected chi connectivity index (χ1v) is 9.18. The lowest BCUT2D eigenvalue weighted by atomic mass is 9.98. The first kappa shape index (κ1) is 19.6. The molecule has 1 N–H and O–H groups in total. The molecular weight excluding hydrogens is 356 g/mol. The third-order valence-corrected chi connectivity index (χ3v) is 4.94. The van der Waals surface area contributed by atoms with Gasteiger partial charge < -0.3 is 10.0 Å². The zero-order chi connectivity index (χ0) is 19.9. The number of rotatable bonds is 6. The van der Waals surface area contributed by atoms with Crippen molar-refractivity contribution in [1.82, 2.24) is 14.9 Å². The molecule has 2 aliphatic rings. The minimum atomic E-state index is -1.01. The van der Waals surface area contributed by atoms with Gasteiger partial charge in [-0.3, -0.25) is 14.9 Å². The molecular formula is C20H24N6O2. The molecule has 1 aliphatic carbocycles. The summed E-state index contributed by atoms with van der Waals surface area (Å²) in [5, 5.41) is 8.95. The van der Waals surface area contributed by atoms with E-state index in [-0.39, 0.29) is 5.56 Å². The summed E-state index contributed by atoms with van der Waals surface area (Å²) < 4.78 is 0. The molecule has 1 unspecified atom stereocenters. The molecule has 0 spiro atoms. The lowest BCUT2D eigenvalue weighted by molar-refractivity contribution is 0.0696. The maximum absolute atomic E-state index is 10.9. The molecule has 146 valence electrons. The SMILES string of the molecule is C=N/C=C\N=C1C=CC(C(C)N2CCN(c3ncc(C(=O)O)cn3)CC2)=CC1. The van der Waals surface area contributed by atoms with Gasteiger partial charge in [-0.25, -0.2) is 14.8 Å². The van der Waals surface area contributed by atoms with Crippen LogP contribution in [0.3, 0.4) is 0 Å². The number of nitrogens with zero attached hydrogens (tertiary/aromatic N) is 6. The molecule has 8 nitrogen and oxygen atoms in total. The summed E-state index contributed by atoms with van der Waals surface area (Å²) in [7, 11) is 0. The van der Waals surface area contributed by atoms with Crippen LogP contribution >= 0.6 is 0 Å². The number of carboxylic acids is 1. The fraction of sp³-hybridized carbons (Fsp3) is 0.350. The molecule has 1 fully saturated rings. The molecule has 3 rings (SSSR count). The van der Waals surface area contributed by atoms with Gasteiger partial charge in [-0.15, -0.1) is 0 Å². The predicted molar refractivity (Wildman–Crippen MR) is 110 cm³/mol.